The first-order valence-corrected chi connectivity index (χ1v) is 7.41. The highest BCUT2D eigenvalue weighted by molar-refractivity contribution is 7.99. The Morgan fingerprint density at radius 3 is 2.70 bits per heavy atom. The standard InChI is InChI=1S/C15H15NO3S/c1-19-13-7-6-11(9-4-2-3-5-10(9)13)14-16-12(8-20-14)15(17)18/h2-7,12,14,16H,8H2,1H3,(H,17,18). The summed E-state index contributed by atoms with van der Waals surface area (Å²) in [5, 5.41) is 14.4. The molecule has 2 atom stereocenters. The first-order valence-electron chi connectivity index (χ1n) is 6.37. The van der Waals surface area contributed by atoms with E-state index < -0.39 is 12.0 Å². The number of benzene rings is 2. The molecule has 2 N–H and O–H groups in total. The van der Waals surface area contributed by atoms with Crippen LogP contribution in [0.15, 0.2) is 36.4 Å². The molecule has 2 unspecified atom stereocenters. The van der Waals surface area contributed by atoms with E-state index in [9.17, 15) is 4.79 Å². The van der Waals surface area contributed by atoms with Gasteiger partial charge in [-0.2, -0.15) is 0 Å². The van der Waals surface area contributed by atoms with E-state index >= 15 is 0 Å². The summed E-state index contributed by atoms with van der Waals surface area (Å²) in [5.41, 5.74) is 1.11. The minimum Gasteiger partial charge on any atom is -0.496 e. The van der Waals surface area contributed by atoms with Crippen LogP contribution >= 0.6 is 11.8 Å². The van der Waals surface area contributed by atoms with Gasteiger partial charge in [-0.3, -0.25) is 10.1 Å². The van der Waals surface area contributed by atoms with Crippen molar-refractivity contribution in [3.63, 3.8) is 0 Å². The summed E-state index contributed by atoms with van der Waals surface area (Å²) in [6.45, 7) is 0. The number of carboxylic acid groups (broad SMARTS) is 1. The third-order valence-electron chi connectivity index (χ3n) is 3.50. The van der Waals surface area contributed by atoms with Gasteiger partial charge in [0.15, 0.2) is 0 Å². The third kappa shape index (κ3) is 2.23. The van der Waals surface area contributed by atoms with E-state index in [1.54, 1.807) is 18.9 Å². The number of rotatable bonds is 3. The van der Waals surface area contributed by atoms with Gasteiger partial charge < -0.3 is 9.84 Å². The zero-order chi connectivity index (χ0) is 14.1. The van der Waals surface area contributed by atoms with E-state index in [0.29, 0.717) is 5.75 Å². The van der Waals surface area contributed by atoms with Crippen LogP contribution in [-0.4, -0.2) is 30.0 Å². The molecule has 2 aromatic rings. The summed E-state index contributed by atoms with van der Waals surface area (Å²) >= 11 is 1.63. The van der Waals surface area contributed by atoms with Gasteiger partial charge in [-0.15, -0.1) is 11.8 Å². The first kappa shape index (κ1) is 13.3. The van der Waals surface area contributed by atoms with E-state index in [4.69, 9.17) is 9.84 Å². The SMILES string of the molecule is COc1ccc(C2NC(C(=O)O)CS2)c2ccccc12. The molecule has 1 heterocycles. The average Bonchev–Trinajstić information content (AvgIpc) is 2.96. The molecule has 0 saturated carbocycles. The van der Waals surface area contributed by atoms with E-state index in [2.05, 4.69) is 5.32 Å². The van der Waals surface area contributed by atoms with E-state index in [0.717, 1.165) is 22.1 Å². The number of hydrogen-bond acceptors (Lipinski definition) is 4. The van der Waals surface area contributed by atoms with E-state index in [1.807, 2.05) is 36.4 Å². The Morgan fingerprint density at radius 1 is 1.30 bits per heavy atom. The van der Waals surface area contributed by atoms with Crippen molar-refractivity contribution >= 4 is 28.5 Å². The van der Waals surface area contributed by atoms with E-state index in [1.165, 1.54) is 0 Å². The Labute approximate surface area is 121 Å². The maximum Gasteiger partial charge on any atom is 0.321 e. The molecule has 0 spiro atoms. The number of fused-ring (bicyclic) bond motifs is 1. The van der Waals surface area contributed by atoms with Crippen molar-refractivity contribution in [3.8, 4) is 5.75 Å². The lowest BCUT2D eigenvalue weighted by Crippen LogP contribution is -2.33. The van der Waals surface area contributed by atoms with Gasteiger partial charge in [0.2, 0.25) is 0 Å². The topological polar surface area (TPSA) is 58.6 Å². The van der Waals surface area contributed by atoms with Gasteiger partial charge in [0, 0.05) is 11.1 Å². The smallest absolute Gasteiger partial charge is 0.321 e. The number of nitrogens with one attached hydrogen (secondary N) is 1. The van der Waals surface area contributed by atoms with Crippen molar-refractivity contribution in [2.75, 3.05) is 12.9 Å². The van der Waals surface area contributed by atoms with Crippen molar-refractivity contribution in [2.45, 2.75) is 11.4 Å². The van der Waals surface area contributed by atoms with Gasteiger partial charge in [-0.05, 0) is 17.0 Å². The van der Waals surface area contributed by atoms with Crippen LogP contribution in [0, 0.1) is 0 Å². The fourth-order valence-corrected chi connectivity index (χ4v) is 3.76. The number of ether oxygens (including phenoxy) is 1. The lowest BCUT2D eigenvalue weighted by atomic mass is 10.0. The molecule has 3 rings (SSSR count). The van der Waals surface area contributed by atoms with Crippen LogP contribution < -0.4 is 10.1 Å². The van der Waals surface area contributed by atoms with Crippen molar-refractivity contribution in [1.82, 2.24) is 5.32 Å². The zero-order valence-electron chi connectivity index (χ0n) is 11.0. The number of carboxylic acids is 1. The highest BCUT2D eigenvalue weighted by atomic mass is 32.2. The van der Waals surface area contributed by atoms with Crippen molar-refractivity contribution in [2.24, 2.45) is 0 Å². The highest BCUT2D eigenvalue weighted by Crippen LogP contribution is 2.39. The Morgan fingerprint density at radius 2 is 2.05 bits per heavy atom. The molecule has 0 aromatic heterocycles. The minimum absolute atomic E-state index is 0.00639. The van der Waals surface area contributed by atoms with Crippen LogP contribution in [0.2, 0.25) is 0 Å². The highest BCUT2D eigenvalue weighted by Gasteiger charge is 2.31. The summed E-state index contributed by atoms with van der Waals surface area (Å²) in [5.74, 6) is 0.625. The zero-order valence-corrected chi connectivity index (χ0v) is 11.8. The number of methoxy groups -OCH3 is 1. The van der Waals surface area contributed by atoms with Gasteiger partial charge >= 0.3 is 5.97 Å². The Kier molecular flexibility index (Phi) is 3.54. The third-order valence-corrected chi connectivity index (χ3v) is 4.75. The number of hydrogen-bond donors (Lipinski definition) is 2. The monoisotopic (exact) mass is 289 g/mol. The summed E-state index contributed by atoms with van der Waals surface area (Å²) < 4.78 is 5.38. The molecule has 0 radical (unpaired) electrons. The first-order chi connectivity index (χ1) is 9.70. The van der Waals surface area contributed by atoms with Gasteiger partial charge in [0.25, 0.3) is 0 Å². The molecule has 4 nitrogen and oxygen atoms in total. The molecular weight excluding hydrogens is 274 g/mol. The van der Waals surface area contributed by atoms with Crippen LogP contribution in [0.3, 0.4) is 0 Å². The molecule has 1 fully saturated rings. The predicted molar refractivity (Wildman–Crippen MR) is 80.3 cm³/mol. The second-order valence-corrected chi connectivity index (χ2v) is 5.81. The predicted octanol–water partition coefficient (Wildman–Crippen LogP) is 2.64. The Balaban J connectivity index is 2.03. The normalized spacial score (nSPS) is 22.1. The molecule has 5 heteroatoms. The molecule has 0 amide bonds. The Bertz CT molecular complexity index is 659. The second kappa shape index (κ2) is 5.34. The average molecular weight is 289 g/mol. The minimum atomic E-state index is -0.794. The molecule has 1 aliphatic rings. The van der Waals surface area contributed by atoms with Crippen LogP contribution in [0.5, 0.6) is 5.75 Å². The number of thioether (sulfide) groups is 1. The molecule has 0 bridgehead atoms. The number of aliphatic carboxylic acids is 1. The molecule has 2 aromatic carbocycles. The molecule has 1 aliphatic heterocycles. The molecule has 104 valence electrons. The molecular formula is C15H15NO3S. The van der Waals surface area contributed by atoms with Gasteiger partial charge in [-0.1, -0.05) is 30.3 Å². The molecule has 20 heavy (non-hydrogen) atoms. The fraction of sp³-hybridized carbons (Fsp3) is 0.267. The van der Waals surface area contributed by atoms with E-state index in [-0.39, 0.29) is 5.37 Å². The van der Waals surface area contributed by atoms with Crippen molar-refractivity contribution in [3.05, 3.63) is 42.0 Å². The van der Waals surface area contributed by atoms with Crippen LogP contribution in [-0.2, 0) is 4.79 Å². The second-order valence-electron chi connectivity index (χ2n) is 4.67. The molecule has 0 aliphatic carbocycles. The Hall–Kier alpha value is -1.72. The summed E-state index contributed by atoms with van der Waals surface area (Å²) in [7, 11) is 1.66. The largest absolute Gasteiger partial charge is 0.496 e. The lowest BCUT2D eigenvalue weighted by Gasteiger charge is -2.16. The maximum absolute atomic E-state index is 11.0. The van der Waals surface area contributed by atoms with Crippen LogP contribution in [0.4, 0.5) is 0 Å². The van der Waals surface area contributed by atoms with Gasteiger partial charge in [-0.25, -0.2) is 0 Å². The van der Waals surface area contributed by atoms with Crippen LogP contribution in [0.25, 0.3) is 10.8 Å². The summed E-state index contributed by atoms with van der Waals surface area (Å²) in [6, 6.07) is 11.5. The van der Waals surface area contributed by atoms with Crippen molar-refractivity contribution in [1.29, 1.82) is 0 Å². The summed E-state index contributed by atoms with van der Waals surface area (Å²) in [4.78, 5) is 11.0. The quantitative estimate of drug-likeness (QED) is 0.909. The van der Waals surface area contributed by atoms with Crippen molar-refractivity contribution < 1.29 is 14.6 Å². The maximum atomic E-state index is 11.0. The number of carbonyl (C=O) groups is 1. The van der Waals surface area contributed by atoms with Gasteiger partial charge in [0.1, 0.15) is 11.8 Å². The summed E-state index contributed by atoms with van der Waals surface area (Å²) in [6.07, 6.45) is 0. The fourth-order valence-electron chi connectivity index (χ4n) is 2.49. The molecule has 1 saturated heterocycles. The van der Waals surface area contributed by atoms with Gasteiger partial charge in [0.05, 0.1) is 12.5 Å². The van der Waals surface area contributed by atoms with Crippen LogP contribution in [0.1, 0.15) is 10.9 Å². The lowest BCUT2D eigenvalue weighted by molar-refractivity contribution is -0.138.